The van der Waals surface area contributed by atoms with Gasteiger partial charge in [0.15, 0.2) is 0 Å². The molecule has 0 bridgehead atoms. The Morgan fingerprint density at radius 2 is 2.33 bits per heavy atom. The Balaban J connectivity index is 2.73. The Kier molecular flexibility index (Phi) is 3.31. The molecule has 0 fully saturated rings. The van der Waals surface area contributed by atoms with Crippen LogP contribution in [0.25, 0.3) is 0 Å². The highest BCUT2D eigenvalue weighted by molar-refractivity contribution is 5.73. The second kappa shape index (κ2) is 4.16. The van der Waals surface area contributed by atoms with E-state index in [9.17, 15) is 9.90 Å². The van der Waals surface area contributed by atoms with Crippen molar-refractivity contribution < 1.29 is 15.0 Å². The maximum Gasteiger partial charge on any atom is 0.320 e. The fourth-order valence-corrected chi connectivity index (χ4v) is 1.70. The van der Waals surface area contributed by atoms with Crippen molar-refractivity contribution in [3.63, 3.8) is 0 Å². The van der Waals surface area contributed by atoms with E-state index in [1.165, 1.54) is 0 Å². The number of carbonyl (C=O) groups is 1. The molecule has 4 N–H and O–H groups in total. The van der Waals surface area contributed by atoms with Gasteiger partial charge in [-0.05, 0) is 25.8 Å². The zero-order chi connectivity index (χ0) is 11.6. The van der Waals surface area contributed by atoms with E-state index in [-0.39, 0.29) is 0 Å². The first kappa shape index (κ1) is 11.9. The molecular weight excluding hydrogens is 194 g/mol. The Morgan fingerprint density at radius 1 is 1.73 bits per heavy atom. The number of carboxylic acids is 1. The van der Waals surface area contributed by atoms with Gasteiger partial charge in [0.1, 0.15) is 6.04 Å². The summed E-state index contributed by atoms with van der Waals surface area (Å²) in [6.07, 6.45) is 4.30. The zero-order valence-corrected chi connectivity index (χ0v) is 9.03. The first-order valence-electron chi connectivity index (χ1n) is 4.90. The maximum atomic E-state index is 10.6. The summed E-state index contributed by atoms with van der Waals surface area (Å²) in [7, 11) is 0. The van der Waals surface area contributed by atoms with Gasteiger partial charge in [0.2, 0.25) is 0 Å². The first-order chi connectivity index (χ1) is 6.82. The highest BCUT2D eigenvalue weighted by Crippen LogP contribution is 2.28. The van der Waals surface area contributed by atoms with Crippen molar-refractivity contribution in [1.29, 1.82) is 0 Å². The molecule has 2 atom stereocenters. The Bertz CT molecular complexity index is 329. The van der Waals surface area contributed by atoms with Crippen LogP contribution in [0.2, 0.25) is 0 Å². The van der Waals surface area contributed by atoms with E-state index in [4.69, 9.17) is 10.8 Å². The summed E-state index contributed by atoms with van der Waals surface area (Å²) in [6.45, 7) is 3.61. The molecule has 0 heterocycles. The number of allylic oxidation sites excluding steroid dienone is 1. The summed E-state index contributed by atoms with van der Waals surface area (Å²) >= 11 is 0. The smallest absolute Gasteiger partial charge is 0.320 e. The minimum atomic E-state index is -0.999. The van der Waals surface area contributed by atoms with Crippen molar-refractivity contribution in [2.24, 2.45) is 5.73 Å². The molecule has 0 aromatic heterocycles. The number of nitrogens with two attached hydrogens (primary N) is 1. The van der Waals surface area contributed by atoms with E-state index < -0.39 is 17.6 Å². The van der Waals surface area contributed by atoms with Crippen molar-refractivity contribution in [1.82, 2.24) is 0 Å². The monoisotopic (exact) mass is 211 g/mol. The third kappa shape index (κ3) is 3.18. The van der Waals surface area contributed by atoms with Gasteiger partial charge in [0.25, 0.3) is 0 Å². The summed E-state index contributed by atoms with van der Waals surface area (Å²) in [5, 5.41) is 18.4. The van der Waals surface area contributed by atoms with Crippen LogP contribution in [0.5, 0.6) is 0 Å². The third-order valence-electron chi connectivity index (χ3n) is 2.57. The predicted molar refractivity (Wildman–Crippen MR) is 57.3 cm³/mol. The Morgan fingerprint density at radius 3 is 2.80 bits per heavy atom. The van der Waals surface area contributed by atoms with Gasteiger partial charge in [0, 0.05) is 6.42 Å². The van der Waals surface area contributed by atoms with Crippen LogP contribution in [0.4, 0.5) is 0 Å². The average Bonchev–Trinajstić information content (AvgIpc) is 2.08. The van der Waals surface area contributed by atoms with Crippen LogP contribution >= 0.6 is 0 Å². The largest absolute Gasteiger partial charge is 0.480 e. The third-order valence-corrected chi connectivity index (χ3v) is 2.57. The molecule has 15 heavy (non-hydrogen) atoms. The van der Waals surface area contributed by atoms with E-state index in [2.05, 4.69) is 0 Å². The van der Waals surface area contributed by atoms with E-state index in [0.717, 1.165) is 11.1 Å². The van der Waals surface area contributed by atoms with Crippen molar-refractivity contribution >= 4 is 5.97 Å². The summed E-state index contributed by atoms with van der Waals surface area (Å²) in [6, 6.07) is -0.873. The van der Waals surface area contributed by atoms with Crippen LogP contribution in [-0.2, 0) is 4.79 Å². The van der Waals surface area contributed by atoms with Gasteiger partial charge in [0.05, 0.1) is 5.60 Å². The predicted octanol–water partition coefficient (Wildman–Crippen LogP) is 0.816. The van der Waals surface area contributed by atoms with Gasteiger partial charge in [-0.1, -0.05) is 17.7 Å². The normalized spacial score (nSPS) is 28.0. The van der Waals surface area contributed by atoms with Crippen molar-refractivity contribution in [3.05, 3.63) is 23.3 Å². The minimum Gasteiger partial charge on any atom is -0.480 e. The van der Waals surface area contributed by atoms with E-state index >= 15 is 0 Å². The maximum absolute atomic E-state index is 10.6. The lowest BCUT2D eigenvalue weighted by molar-refractivity contribution is -0.138. The van der Waals surface area contributed by atoms with E-state index in [0.29, 0.717) is 12.8 Å². The van der Waals surface area contributed by atoms with Crippen LogP contribution in [-0.4, -0.2) is 27.8 Å². The zero-order valence-electron chi connectivity index (χ0n) is 9.03. The lowest BCUT2D eigenvalue weighted by Crippen LogP contribution is -2.31. The molecule has 0 aliphatic heterocycles. The van der Waals surface area contributed by atoms with Gasteiger partial charge in [-0.3, -0.25) is 4.79 Å². The number of hydrogen-bond donors (Lipinski definition) is 3. The molecule has 0 spiro atoms. The molecule has 0 amide bonds. The van der Waals surface area contributed by atoms with Crippen LogP contribution in [0.3, 0.4) is 0 Å². The highest BCUT2D eigenvalue weighted by Gasteiger charge is 2.23. The number of aliphatic hydroxyl groups is 1. The number of aliphatic carboxylic acids is 1. The molecule has 0 aromatic rings. The lowest BCUT2D eigenvalue weighted by Gasteiger charge is -2.26. The summed E-state index contributed by atoms with van der Waals surface area (Å²) in [5.74, 6) is -0.999. The number of rotatable bonds is 3. The second-order valence-electron chi connectivity index (χ2n) is 4.32. The number of carboxylic acid groups (broad SMARTS) is 1. The molecule has 4 heteroatoms. The molecule has 4 nitrogen and oxygen atoms in total. The van der Waals surface area contributed by atoms with Gasteiger partial charge in [-0.2, -0.15) is 0 Å². The highest BCUT2D eigenvalue weighted by atomic mass is 16.4. The Hall–Kier alpha value is -1.13. The van der Waals surface area contributed by atoms with Gasteiger partial charge in [-0.15, -0.1) is 0 Å². The van der Waals surface area contributed by atoms with Crippen molar-refractivity contribution in [2.75, 3.05) is 0 Å². The van der Waals surface area contributed by atoms with Crippen molar-refractivity contribution in [2.45, 2.75) is 38.3 Å². The molecule has 0 saturated heterocycles. The summed E-state index contributed by atoms with van der Waals surface area (Å²) in [4.78, 5) is 10.6. The molecule has 1 aliphatic carbocycles. The summed E-state index contributed by atoms with van der Waals surface area (Å²) < 4.78 is 0. The minimum absolute atomic E-state index is 0.313. The molecule has 0 aromatic carbocycles. The first-order valence-corrected chi connectivity index (χ1v) is 4.90. The standard InChI is InChI=1S/C11H17NO3/c1-7-6-11(2,15)4-3-8(7)5-9(12)10(13)14/h3-4,9,15H,5-6,12H2,1-2H3,(H,13,14)/t9-,11?/m0/s1. The van der Waals surface area contributed by atoms with Crippen LogP contribution in [0.15, 0.2) is 23.3 Å². The van der Waals surface area contributed by atoms with Gasteiger partial charge in [-0.25, -0.2) is 0 Å². The Labute approximate surface area is 89.1 Å². The molecule has 1 unspecified atom stereocenters. The SMILES string of the molecule is CC1=C(C[C@H](N)C(=O)O)C=CC(C)(O)C1. The van der Waals surface area contributed by atoms with Gasteiger partial charge < -0.3 is 15.9 Å². The topological polar surface area (TPSA) is 83.6 Å². The molecule has 1 rings (SSSR count). The van der Waals surface area contributed by atoms with Crippen LogP contribution in [0.1, 0.15) is 26.7 Å². The van der Waals surface area contributed by atoms with Gasteiger partial charge >= 0.3 is 5.97 Å². The molecule has 1 aliphatic rings. The molecule has 0 saturated carbocycles. The summed E-state index contributed by atoms with van der Waals surface area (Å²) in [5.41, 5.74) is 6.54. The van der Waals surface area contributed by atoms with Crippen molar-refractivity contribution in [3.8, 4) is 0 Å². The number of hydrogen-bond acceptors (Lipinski definition) is 3. The van der Waals surface area contributed by atoms with E-state index in [1.54, 1.807) is 19.1 Å². The molecule has 0 radical (unpaired) electrons. The average molecular weight is 211 g/mol. The second-order valence-corrected chi connectivity index (χ2v) is 4.32. The van der Waals surface area contributed by atoms with E-state index in [1.807, 2.05) is 6.92 Å². The lowest BCUT2D eigenvalue weighted by atomic mass is 9.86. The van der Waals surface area contributed by atoms with Crippen LogP contribution in [0, 0.1) is 0 Å². The fraction of sp³-hybridized carbons (Fsp3) is 0.545. The quantitative estimate of drug-likeness (QED) is 0.645. The fourth-order valence-electron chi connectivity index (χ4n) is 1.70. The molecule has 84 valence electrons. The molecular formula is C11H17NO3. The van der Waals surface area contributed by atoms with Crippen LogP contribution < -0.4 is 5.73 Å².